The molecule has 19 heavy (non-hydrogen) atoms. The molecule has 1 unspecified atom stereocenters. The molecule has 1 aromatic carbocycles. The predicted molar refractivity (Wildman–Crippen MR) is 71.2 cm³/mol. The third-order valence-corrected chi connectivity index (χ3v) is 4.52. The monoisotopic (exact) mass is 286 g/mol. The third kappa shape index (κ3) is 3.52. The summed E-state index contributed by atoms with van der Waals surface area (Å²) >= 11 is 0. The zero-order chi connectivity index (χ0) is 14.8. The Morgan fingerprint density at radius 1 is 1.47 bits per heavy atom. The largest absolute Gasteiger partial charge is 0.392 e. The van der Waals surface area contributed by atoms with Crippen molar-refractivity contribution in [3.8, 4) is 0 Å². The Kier molecular flexibility index (Phi) is 4.67. The fraction of sp³-hybridized carbons (Fsp3) is 0.417. The Morgan fingerprint density at radius 2 is 2.05 bits per heavy atom. The number of aliphatic hydroxyl groups excluding tert-OH is 1. The zero-order valence-electron chi connectivity index (χ0n) is 11.1. The SMILES string of the molecule is Cc1ccc(S(=O)(=O)N(C)CC(C)O)cc1C(N)=O. The summed E-state index contributed by atoms with van der Waals surface area (Å²) < 4.78 is 25.5. The van der Waals surface area contributed by atoms with Gasteiger partial charge in [0.15, 0.2) is 0 Å². The number of likely N-dealkylation sites (N-methyl/N-ethyl adjacent to an activating group) is 1. The van der Waals surface area contributed by atoms with Gasteiger partial charge in [-0.25, -0.2) is 8.42 Å². The molecule has 0 aromatic heterocycles. The van der Waals surface area contributed by atoms with Crippen molar-refractivity contribution in [1.82, 2.24) is 4.31 Å². The number of hydrogen-bond acceptors (Lipinski definition) is 4. The van der Waals surface area contributed by atoms with Gasteiger partial charge >= 0.3 is 0 Å². The van der Waals surface area contributed by atoms with E-state index >= 15 is 0 Å². The molecule has 1 aromatic rings. The first-order chi connectivity index (χ1) is 8.66. The summed E-state index contributed by atoms with van der Waals surface area (Å²) in [5.41, 5.74) is 5.98. The second-order valence-corrected chi connectivity index (χ2v) is 6.52. The van der Waals surface area contributed by atoms with Crippen LogP contribution in [0.1, 0.15) is 22.8 Å². The standard InChI is InChI=1S/C12H18N2O4S/c1-8-4-5-10(6-11(8)12(13)16)19(17,18)14(3)7-9(2)15/h4-6,9,15H,7H2,1-3H3,(H2,13,16). The fourth-order valence-electron chi connectivity index (χ4n) is 1.68. The molecular weight excluding hydrogens is 268 g/mol. The highest BCUT2D eigenvalue weighted by Crippen LogP contribution is 2.18. The van der Waals surface area contributed by atoms with Crippen molar-refractivity contribution >= 4 is 15.9 Å². The van der Waals surface area contributed by atoms with Crippen LogP contribution in [0.2, 0.25) is 0 Å². The van der Waals surface area contributed by atoms with E-state index in [-0.39, 0.29) is 17.0 Å². The molecule has 6 nitrogen and oxygen atoms in total. The van der Waals surface area contributed by atoms with Gasteiger partial charge in [0.25, 0.3) is 0 Å². The second kappa shape index (κ2) is 5.68. The van der Waals surface area contributed by atoms with Gasteiger partial charge in [0.05, 0.1) is 11.0 Å². The topological polar surface area (TPSA) is 101 Å². The van der Waals surface area contributed by atoms with E-state index in [0.29, 0.717) is 5.56 Å². The first kappa shape index (κ1) is 15.6. The summed E-state index contributed by atoms with van der Waals surface area (Å²) in [5.74, 6) is -0.673. The van der Waals surface area contributed by atoms with Crippen LogP contribution in [0.3, 0.4) is 0 Å². The molecule has 0 saturated heterocycles. The number of nitrogens with zero attached hydrogens (tertiary/aromatic N) is 1. The number of hydrogen-bond donors (Lipinski definition) is 2. The number of benzene rings is 1. The Balaban J connectivity index is 3.22. The van der Waals surface area contributed by atoms with Gasteiger partial charge in [-0.15, -0.1) is 0 Å². The zero-order valence-corrected chi connectivity index (χ0v) is 11.9. The predicted octanol–water partition coefficient (Wildman–Crippen LogP) is 0.0952. The third-order valence-electron chi connectivity index (χ3n) is 2.70. The van der Waals surface area contributed by atoms with Crippen molar-refractivity contribution in [3.05, 3.63) is 29.3 Å². The van der Waals surface area contributed by atoms with Gasteiger partial charge in [0, 0.05) is 19.2 Å². The maximum absolute atomic E-state index is 12.2. The van der Waals surface area contributed by atoms with Gasteiger partial charge in [-0.1, -0.05) is 6.07 Å². The summed E-state index contributed by atoms with van der Waals surface area (Å²) in [6, 6.07) is 4.20. The smallest absolute Gasteiger partial charge is 0.249 e. The van der Waals surface area contributed by atoms with Gasteiger partial charge in [-0.05, 0) is 31.5 Å². The quantitative estimate of drug-likeness (QED) is 0.801. The van der Waals surface area contributed by atoms with Crippen LogP contribution < -0.4 is 5.73 Å². The minimum absolute atomic E-state index is 0.0185. The van der Waals surface area contributed by atoms with Gasteiger partial charge < -0.3 is 10.8 Å². The first-order valence-corrected chi connectivity index (χ1v) is 7.15. The van der Waals surface area contributed by atoms with Crippen molar-refractivity contribution in [2.45, 2.75) is 24.8 Å². The second-order valence-electron chi connectivity index (χ2n) is 4.48. The van der Waals surface area contributed by atoms with Gasteiger partial charge in [-0.2, -0.15) is 4.31 Å². The maximum Gasteiger partial charge on any atom is 0.249 e. The molecule has 0 aliphatic rings. The lowest BCUT2D eigenvalue weighted by Crippen LogP contribution is -2.33. The molecule has 7 heteroatoms. The molecule has 3 N–H and O–H groups in total. The lowest BCUT2D eigenvalue weighted by Gasteiger charge is -2.19. The van der Waals surface area contributed by atoms with E-state index in [4.69, 9.17) is 5.73 Å². The van der Waals surface area contributed by atoms with E-state index in [1.54, 1.807) is 6.92 Å². The number of sulfonamides is 1. The van der Waals surface area contributed by atoms with Crippen LogP contribution in [0, 0.1) is 6.92 Å². The van der Waals surface area contributed by atoms with Crippen molar-refractivity contribution in [3.63, 3.8) is 0 Å². The molecule has 106 valence electrons. The minimum atomic E-state index is -3.74. The molecule has 0 bridgehead atoms. The van der Waals surface area contributed by atoms with Crippen molar-refractivity contribution < 1.29 is 18.3 Å². The number of carbonyl (C=O) groups excluding carboxylic acids is 1. The van der Waals surface area contributed by atoms with Gasteiger partial charge in [0.1, 0.15) is 0 Å². The van der Waals surface area contributed by atoms with Crippen LogP contribution in [0.15, 0.2) is 23.1 Å². The molecule has 0 radical (unpaired) electrons. The normalized spacial score (nSPS) is 13.5. The highest BCUT2D eigenvalue weighted by atomic mass is 32.2. The van der Waals surface area contributed by atoms with Crippen LogP contribution in [-0.2, 0) is 10.0 Å². The van der Waals surface area contributed by atoms with Crippen molar-refractivity contribution in [1.29, 1.82) is 0 Å². The number of amides is 1. The summed E-state index contributed by atoms with van der Waals surface area (Å²) in [6.07, 6.45) is -0.777. The molecule has 0 aliphatic heterocycles. The van der Waals surface area contributed by atoms with Gasteiger partial charge in [-0.3, -0.25) is 4.79 Å². The molecular formula is C12H18N2O4S. The lowest BCUT2D eigenvalue weighted by atomic mass is 10.1. The number of carbonyl (C=O) groups is 1. The van der Waals surface area contributed by atoms with Crippen molar-refractivity contribution in [2.75, 3.05) is 13.6 Å². The van der Waals surface area contributed by atoms with E-state index < -0.39 is 22.0 Å². The van der Waals surface area contributed by atoms with E-state index in [0.717, 1.165) is 4.31 Å². The summed E-state index contributed by atoms with van der Waals surface area (Å²) in [4.78, 5) is 11.2. The van der Waals surface area contributed by atoms with E-state index in [1.165, 1.54) is 32.2 Å². The average Bonchev–Trinajstić information content (AvgIpc) is 2.27. The molecule has 0 aliphatic carbocycles. The molecule has 0 spiro atoms. The number of rotatable bonds is 5. The van der Waals surface area contributed by atoms with Crippen LogP contribution >= 0.6 is 0 Å². The summed E-state index contributed by atoms with van der Waals surface area (Å²) in [6.45, 7) is 3.15. The molecule has 0 saturated carbocycles. The lowest BCUT2D eigenvalue weighted by molar-refractivity contribution is 0.0999. The van der Waals surface area contributed by atoms with Crippen LogP contribution in [-0.4, -0.2) is 43.4 Å². The Hall–Kier alpha value is -1.44. The van der Waals surface area contributed by atoms with E-state index in [2.05, 4.69) is 0 Å². The van der Waals surface area contributed by atoms with E-state index in [9.17, 15) is 18.3 Å². The Morgan fingerprint density at radius 3 is 2.53 bits per heavy atom. The summed E-state index contributed by atoms with van der Waals surface area (Å²) in [7, 11) is -2.37. The highest BCUT2D eigenvalue weighted by Gasteiger charge is 2.23. The number of aliphatic hydroxyl groups is 1. The van der Waals surface area contributed by atoms with Crippen LogP contribution in [0.5, 0.6) is 0 Å². The molecule has 0 heterocycles. The fourth-order valence-corrected chi connectivity index (χ4v) is 2.96. The van der Waals surface area contributed by atoms with Crippen LogP contribution in [0.4, 0.5) is 0 Å². The Bertz CT molecular complexity index is 581. The highest BCUT2D eigenvalue weighted by molar-refractivity contribution is 7.89. The minimum Gasteiger partial charge on any atom is -0.392 e. The Labute approximate surface area is 112 Å². The number of nitrogens with two attached hydrogens (primary N) is 1. The summed E-state index contributed by atoms with van der Waals surface area (Å²) in [5, 5.41) is 9.24. The molecule has 1 amide bonds. The molecule has 0 fully saturated rings. The molecule has 1 rings (SSSR count). The number of primary amides is 1. The van der Waals surface area contributed by atoms with Crippen LogP contribution in [0.25, 0.3) is 0 Å². The van der Waals surface area contributed by atoms with Gasteiger partial charge in [0.2, 0.25) is 15.9 Å². The maximum atomic E-state index is 12.2. The van der Waals surface area contributed by atoms with E-state index in [1.807, 2.05) is 0 Å². The first-order valence-electron chi connectivity index (χ1n) is 5.71. The average molecular weight is 286 g/mol. The molecule has 1 atom stereocenters. The number of aryl methyl sites for hydroxylation is 1. The van der Waals surface area contributed by atoms with Crippen molar-refractivity contribution in [2.24, 2.45) is 5.73 Å².